The molecule has 0 unspecified atom stereocenters. The van der Waals surface area contributed by atoms with Crippen LogP contribution >= 0.6 is 0 Å². The van der Waals surface area contributed by atoms with Crippen LogP contribution in [0.15, 0.2) is 72.8 Å². The molecule has 2 N–H and O–H groups in total. The Labute approximate surface area is 169 Å². The maximum atomic E-state index is 13.7. The van der Waals surface area contributed by atoms with E-state index in [1.807, 2.05) is 24.3 Å². The van der Waals surface area contributed by atoms with E-state index in [-0.39, 0.29) is 24.2 Å². The summed E-state index contributed by atoms with van der Waals surface area (Å²) >= 11 is 0. The summed E-state index contributed by atoms with van der Waals surface area (Å²) in [5, 5.41) is 5.51. The lowest BCUT2D eigenvalue weighted by Crippen LogP contribution is -2.24. The lowest BCUT2D eigenvalue weighted by atomic mass is 10.0. The third-order valence-electron chi connectivity index (χ3n) is 4.62. The lowest BCUT2D eigenvalue weighted by molar-refractivity contribution is 0.0950. The van der Waals surface area contributed by atoms with Gasteiger partial charge in [-0.25, -0.2) is 4.39 Å². The molecule has 0 aliphatic heterocycles. The third-order valence-corrected chi connectivity index (χ3v) is 4.62. The highest BCUT2D eigenvalue weighted by Crippen LogP contribution is 2.18. The zero-order chi connectivity index (χ0) is 20.8. The second kappa shape index (κ2) is 9.15. The van der Waals surface area contributed by atoms with E-state index in [1.54, 1.807) is 36.4 Å². The Kier molecular flexibility index (Phi) is 6.39. The van der Waals surface area contributed by atoms with Gasteiger partial charge < -0.3 is 10.6 Å². The minimum Gasteiger partial charge on any atom is -0.348 e. The van der Waals surface area contributed by atoms with E-state index in [1.165, 1.54) is 17.7 Å². The molecule has 2 amide bonds. The maximum Gasteiger partial charge on any atom is 0.255 e. The summed E-state index contributed by atoms with van der Waals surface area (Å²) in [6.45, 7) is 4.29. The van der Waals surface area contributed by atoms with Crippen LogP contribution in [0.3, 0.4) is 0 Å². The van der Waals surface area contributed by atoms with Gasteiger partial charge in [-0.15, -0.1) is 0 Å². The Morgan fingerprint density at radius 3 is 2.17 bits per heavy atom. The molecular weight excluding hydrogens is 367 g/mol. The number of carbonyl (C=O) groups is 2. The Bertz CT molecular complexity index is 1010. The Balaban J connectivity index is 1.65. The van der Waals surface area contributed by atoms with Crippen molar-refractivity contribution in [3.05, 3.63) is 101 Å². The molecule has 0 atom stereocenters. The summed E-state index contributed by atoms with van der Waals surface area (Å²) in [6, 6.07) is 20.4. The normalized spacial score (nSPS) is 10.6. The Morgan fingerprint density at radius 1 is 0.862 bits per heavy atom. The van der Waals surface area contributed by atoms with Crippen molar-refractivity contribution in [2.75, 3.05) is 5.32 Å². The number of rotatable bonds is 6. The first-order valence-corrected chi connectivity index (χ1v) is 9.47. The summed E-state index contributed by atoms with van der Waals surface area (Å²) in [5.41, 5.74) is 2.99. The van der Waals surface area contributed by atoms with E-state index in [0.717, 1.165) is 0 Å². The van der Waals surface area contributed by atoms with Gasteiger partial charge in [0.15, 0.2) is 0 Å². The minimum atomic E-state index is -0.371. The molecule has 0 aliphatic rings. The molecule has 0 aliphatic carbocycles. The summed E-state index contributed by atoms with van der Waals surface area (Å²) in [4.78, 5) is 24.9. The number of nitrogens with one attached hydrogen (secondary N) is 2. The van der Waals surface area contributed by atoms with Crippen LogP contribution in [-0.2, 0) is 6.54 Å². The van der Waals surface area contributed by atoms with Crippen molar-refractivity contribution in [3.8, 4) is 0 Å². The second-order valence-corrected chi connectivity index (χ2v) is 7.09. The fourth-order valence-electron chi connectivity index (χ4n) is 2.88. The van der Waals surface area contributed by atoms with Crippen LogP contribution in [0.1, 0.15) is 51.6 Å². The quantitative estimate of drug-likeness (QED) is 0.613. The average Bonchev–Trinajstić information content (AvgIpc) is 2.73. The first kappa shape index (κ1) is 20.3. The van der Waals surface area contributed by atoms with Gasteiger partial charge >= 0.3 is 0 Å². The topological polar surface area (TPSA) is 58.2 Å². The highest BCUT2D eigenvalue weighted by molar-refractivity contribution is 6.06. The number of anilines is 1. The molecule has 0 saturated carbocycles. The van der Waals surface area contributed by atoms with Crippen molar-refractivity contribution in [1.82, 2.24) is 5.32 Å². The molecule has 0 spiro atoms. The minimum absolute atomic E-state index is 0.0735. The molecule has 5 heteroatoms. The van der Waals surface area contributed by atoms with Gasteiger partial charge in [0.05, 0.1) is 0 Å². The third kappa shape index (κ3) is 5.29. The van der Waals surface area contributed by atoms with Crippen LogP contribution in [0.25, 0.3) is 0 Å². The second-order valence-electron chi connectivity index (χ2n) is 7.09. The van der Waals surface area contributed by atoms with Crippen molar-refractivity contribution in [2.45, 2.75) is 26.3 Å². The van der Waals surface area contributed by atoms with E-state index >= 15 is 0 Å². The number of hydrogen-bond donors (Lipinski definition) is 2. The molecule has 0 radical (unpaired) electrons. The molecule has 0 heterocycles. The monoisotopic (exact) mass is 390 g/mol. The molecule has 4 nitrogen and oxygen atoms in total. The highest BCUT2D eigenvalue weighted by Gasteiger charge is 2.12. The highest BCUT2D eigenvalue weighted by atomic mass is 19.1. The van der Waals surface area contributed by atoms with Crippen LogP contribution in [0.5, 0.6) is 0 Å². The SMILES string of the molecule is CC(C)c1ccc(NC(=O)c2cccc(C(=O)NCc3ccccc3F)c2)cc1. The standard InChI is InChI=1S/C24H23FN2O2/c1-16(2)17-10-12-21(13-11-17)27-24(29)19-8-5-7-18(14-19)23(28)26-15-20-6-3-4-9-22(20)25/h3-14,16H,15H2,1-2H3,(H,26,28)(H,27,29). The molecule has 0 fully saturated rings. The van der Waals surface area contributed by atoms with Crippen LogP contribution < -0.4 is 10.6 Å². The van der Waals surface area contributed by atoms with E-state index in [4.69, 9.17) is 0 Å². The van der Waals surface area contributed by atoms with Gasteiger partial charge in [0, 0.05) is 28.9 Å². The summed E-state index contributed by atoms with van der Waals surface area (Å²) in [6.07, 6.45) is 0. The lowest BCUT2D eigenvalue weighted by Gasteiger charge is -2.10. The number of carbonyl (C=O) groups excluding carboxylic acids is 2. The Hall–Kier alpha value is -3.47. The predicted molar refractivity (Wildman–Crippen MR) is 112 cm³/mol. The zero-order valence-corrected chi connectivity index (χ0v) is 16.4. The molecule has 3 aromatic carbocycles. The fourth-order valence-corrected chi connectivity index (χ4v) is 2.88. The van der Waals surface area contributed by atoms with Crippen molar-refractivity contribution < 1.29 is 14.0 Å². The molecular formula is C24H23FN2O2. The van der Waals surface area contributed by atoms with Crippen LogP contribution in [0.2, 0.25) is 0 Å². The number of benzene rings is 3. The largest absolute Gasteiger partial charge is 0.348 e. The fraction of sp³-hybridized carbons (Fsp3) is 0.167. The number of amides is 2. The van der Waals surface area contributed by atoms with Crippen molar-refractivity contribution in [3.63, 3.8) is 0 Å². The summed E-state index contributed by atoms with van der Waals surface area (Å²) < 4.78 is 13.7. The molecule has 3 aromatic rings. The molecule has 29 heavy (non-hydrogen) atoms. The Morgan fingerprint density at radius 2 is 1.52 bits per heavy atom. The molecule has 148 valence electrons. The van der Waals surface area contributed by atoms with Crippen LogP contribution in [0, 0.1) is 5.82 Å². The van der Waals surface area contributed by atoms with Gasteiger partial charge in [0.1, 0.15) is 5.82 Å². The van der Waals surface area contributed by atoms with E-state index < -0.39 is 0 Å². The van der Waals surface area contributed by atoms with Crippen molar-refractivity contribution in [1.29, 1.82) is 0 Å². The van der Waals surface area contributed by atoms with E-state index in [2.05, 4.69) is 24.5 Å². The molecule has 0 saturated heterocycles. The first-order chi connectivity index (χ1) is 13.9. The molecule has 0 bridgehead atoms. The van der Waals surface area contributed by atoms with Gasteiger partial charge in [-0.3, -0.25) is 9.59 Å². The molecule has 0 aromatic heterocycles. The van der Waals surface area contributed by atoms with Gasteiger partial charge in [0.2, 0.25) is 0 Å². The van der Waals surface area contributed by atoms with Gasteiger partial charge in [-0.2, -0.15) is 0 Å². The number of halogens is 1. The smallest absolute Gasteiger partial charge is 0.255 e. The van der Waals surface area contributed by atoms with E-state index in [9.17, 15) is 14.0 Å². The van der Waals surface area contributed by atoms with Gasteiger partial charge in [-0.1, -0.05) is 50.2 Å². The van der Waals surface area contributed by atoms with Crippen LogP contribution in [-0.4, -0.2) is 11.8 Å². The van der Waals surface area contributed by atoms with Gasteiger partial charge in [-0.05, 0) is 47.9 Å². The number of hydrogen-bond acceptors (Lipinski definition) is 2. The summed E-state index contributed by atoms with van der Waals surface area (Å²) in [5.74, 6) is -0.626. The van der Waals surface area contributed by atoms with Gasteiger partial charge in [0.25, 0.3) is 11.8 Å². The zero-order valence-electron chi connectivity index (χ0n) is 16.4. The maximum absolute atomic E-state index is 13.7. The van der Waals surface area contributed by atoms with E-state index in [0.29, 0.717) is 28.3 Å². The molecule has 3 rings (SSSR count). The first-order valence-electron chi connectivity index (χ1n) is 9.47. The van der Waals surface area contributed by atoms with Crippen LogP contribution in [0.4, 0.5) is 10.1 Å². The summed E-state index contributed by atoms with van der Waals surface area (Å²) in [7, 11) is 0. The van der Waals surface area contributed by atoms with Crippen molar-refractivity contribution >= 4 is 17.5 Å². The predicted octanol–water partition coefficient (Wildman–Crippen LogP) is 5.13. The van der Waals surface area contributed by atoms with Crippen molar-refractivity contribution in [2.24, 2.45) is 0 Å². The average molecular weight is 390 g/mol.